The van der Waals surface area contributed by atoms with E-state index >= 15 is 0 Å². The van der Waals surface area contributed by atoms with Crippen molar-refractivity contribution in [3.63, 3.8) is 0 Å². The van der Waals surface area contributed by atoms with Gasteiger partial charge in [0.1, 0.15) is 11.9 Å². The lowest BCUT2D eigenvalue weighted by atomic mass is 10.1. The molecule has 2 aromatic carbocycles. The Kier molecular flexibility index (Phi) is 6.44. The minimum Gasteiger partial charge on any atom is -0.332 e. The zero-order valence-electron chi connectivity index (χ0n) is 14.7. The molecule has 0 bridgehead atoms. The first-order valence-electron chi connectivity index (χ1n) is 8.04. The fourth-order valence-electron chi connectivity index (χ4n) is 2.87. The Labute approximate surface area is 157 Å². The van der Waals surface area contributed by atoms with E-state index < -0.39 is 5.82 Å². The molecule has 0 saturated heterocycles. The topological polar surface area (TPSA) is 45.7 Å². The SMILES string of the molecule is Cc1cc(C)c(NC(=O)C[NH2+][C@@H](C)c2cc(F)c(Cl)cc2Cl)c(C)c1. The predicted molar refractivity (Wildman–Crippen MR) is 101 cm³/mol. The molecule has 2 rings (SSSR count). The van der Waals surface area contributed by atoms with Crippen LogP contribution in [0.15, 0.2) is 24.3 Å². The summed E-state index contributed by atoms with van der Waals surface area (Å²) < 4.78 is 13.6. The predicted octanol–water partition coefficient (Wildman–Crippen LogP) is 4.32. The van der Waals surface area contributed by atoms with Crippen LogP contribution < -0.4 is 10.6 Å². The van der Waals surface area contributed by atoms with Gasteiger partial charge in [-0.3, -0.25) is 4.79 Å². The molecule has 0 aliphatic rings. The van der Waals surface area contributed by atoms with Gasteiger partial charge in [0.2, 0.25) is 0 Å². The maximum Gasteiger partial charge on any atom is 0.279 e. The molecule has 25 heavy (non-hydrogen) atoms. The lowest BCUT2D eigenvalue weighted by Crippen LogP contribution is -2.86. The fraction of sp³-hybridized carbons (Fsp3) is 0.316. The number of rotatable bonds is 5. The van der Waals surface area contributed by atoms with Crippen LogP contribution in [0.4, 0.5) is 10.1 Å². The number of carbonyl (C=O) groups excluding carboxylic acids is 1. The lowest BCUT2D eigenvalue weighted by molar-refractivity contribution is -0.682. The van der Waals surface area contributed by atoms with E-state index in [2.05, 4.69) is 5.32 Å². The van der Waals surface area contributed by atoms with Gasteiger partial charge < -0.3 is 10.6 Å². The molecule has 0 saturated carbocycles. The molecule has 0 aliphatic heterocycles. The monoisotopic (exact) mass is 383 g/mol. The van der Waals surface area contributed by atoms with Crippen molar-refractivity contribution in [1.82, 2.24) is 0 Å². The Bertz CT molecular complexity index is 785. The Morgan fingerprint density at radius 1 is 1.12 bits per heavy atom. The fourth-order valence-corrected chi connectivity index (χ4v) is 3.42. The zero-order chi connectivity index (χ0) is 18.7. The Balaban J connectivity index is 2.02. The molecule has 0 aliphatic carbocycles. The second-order valence-corrected chi connectivity index (χ2v) is 7.15. The third-order valence-corrected chi connectivity index (χ3v) is 4.75. The summed E-state index contributed by atoms with van der Waals surface area (Å²) in [6.07, 6.45) is 0. The molecule has 1 amide bonds. The average molecular weight is 384 g/mol. The Morgan fingerprint density at radius 3 is 2.32 bits per heavy atom. The van der Waals surface area contributed by atoms with E-state index in [-0.39, 0.29) is 23.5 Å². The van der Waals surface area contributed by atoms with E-state index in [1.165, 1.54) is 12.1 Å². The van der Waals surface area contributed by atoms with Crippen LogP contribution >= 0.6 is 23.2 Å². The summed E-state index contributed by atoms with van der Waals surface area (Å²) in [6.45, 7) is 8.03. The number of carbonyl (C=O) groups is 1. The molecule has 0 spiro atoms. The van der Waals surface area contributed by atoms with E-state index in [1.807, 2.05) is 45.1 Å². The number of benzene rings is 2. The highest BCUT2D eigenvalue weighted by Gasteiger charge is 2.18. The average Bonchev–Trinajstić information content (AvgIpc) is 2.52. The minimum atomic E-state index is -0.517. The van der Waals surface area contributed by atoms with Crippen LogP contribution in [0.25, 0.3) is 0 Å². The molecule has 0 aromatic heterocycles. The van der Waals surface area contributed by atoms with Crippen LogP contribution in [0.5, 0.6) is 0 Å². The van der Waals surface area contributed by atoms with Crippen LogP contribution in [0.2, 0.25) is 10.0 Å². The van der Waals surface area contributed by atoms with Crippen LogP contribution in [0.3, 0.4) is 0 Å². The van der Waals surface area contributed by atoms with Crippen molar-refractivity contribution in [3.05, 3.63) is 62.4 Å². The highest BCUT2D eigenvalue weighted by atomic mass is 35.5. The first-order chi connectivity index (χ1) is 11.7. The van der Waals surface area contributed by atoms with E-state index in [0.717, 1.165) is 22.4 Å². The molecule has 3 nitrogen and oxygen atoms in total. The number of nitrogens with two attached hydrogens (primary N) is 1. The van der Waals surface area contributed by atoms with E-state index in [4.69, 9.17) is 23.2 Å². The van der Waals surface area contributed by atoms with E-state index in [0.29, 0.717) is 10.6 Å². The number of hydrogen-bond donors (Lipinski definition) is 2. The van der Waals surface area contributed by atoms with Crippen molar-refractivity contribution < 1.29 is 14.5 Å². The molecular formula is C19H22Cl2FN2O+. The van der Waals surface area contributed by atoms with Crippen LogP contribution in [0, 0.1) is 26.6 Å². The normalized spacial score (nSPS) is 12.1. The second kappa shape index (κ2) is 8.17. The van der Waals surface area contributed by atoms with Gasteiger partial charge in [-0.05, 0) is 51.0 Å². The summed E-state index contributed by atoms with van der Waals surface area (Å²) in [4.78, 5) is 12.3. The van der Waals surface area contributed by atoms with Gasteiger partial charge >= 0.3 is 0 Å². The summed E-state index contributed by atoms with van der Waals surface area (Å²) >= 11 is 11.8. The quantitative estimate of drug-likeness (QED) is 0.741. The third-order valence-electron chi connectivity index (χ3n) is 4.13. The van der Waals surface area contributed by atoms with Gasteiger partial charge in [0.05, 0.1) is 10.0 Å². The molecule has 2 aromatic rings. The maximum atomic E-state index is 13.6. The first kappa shape index (κ1) is 19.7. The summed E-state index contributed by atoms with van der Waals surface area (Å²) in [5.41, 5.74) is 4.67. The molecule has 0 heterocycles. The number of anilines is 1. The number of hydrogen-bond acceptors (Lipinski definition) is 1. The van der Waals surface area contributed by atoms with Gasteiger partial charge in [0.15, 0.2) is 6.54 Å². The standard InChI is InChI=1S/C19H21Cl2FN2O/c1-10-5-11(2)19(12(3)6-10)24-18(25)9-23-13(4)14-7-17(22)16(21)8-15(14)20/h5-8,13,23H,9H2,1-4H3,(H,24,25)/p+1/t13-/m0/s1. The van der Waals surface area contributed by atoms with Gasteiger partial charge in [-0.2, -0.15) is 0 Å². The van der Waals surface area contributed by atoms with Gasteiger partial charge in [-0.1, -0.05) is 40.9 Å². The van der Waals surface area contributed by atoms with Gasteiger partial charge in [-0.25, -0.2) is 4.39 Å². The van der Waals surface area contributed by atoms with Crippen molar-refractivity contribution >= 4 is 34.8 Å². The van der Waals surface area contributed by atoms with Crippen LogP contribution in [0.1, 0.15) is 35.2 Å². The van der Waals surface area contributed by atoms with Gasteiger partial charge in [-0.15, -0.1) is 0 Å². The number of aryl methyl sites for hydroxylation is 3. The summed E-state index contributed by atoms with van der Waals surface area (Å²) in [7, 11) is 0. The zero-order valence-corrected chi connectivity index (χ0v) is 16.2. The van der Waals surface area contributed by atoms with Crippen molar-refractivity contribution in [2.24, 2.45) is 0 Å². The molecule has 0 fully saturated rings. The largest absolute Gasteiger partial charge is 0.332 e. The second-order valence-electron chi connectivity index (χ2n) is 6.34. The van der Waals surface area contributed by atoms with Crippen molar-refractivity contribution in [2.45, 2.75) is 33.7 Å². The minimum absolute atomic E-state index is 0.0102. The van der Waals surface area contributed by atoms with Crippen molar-refractivity contribution in [1.29, 1.82) is 0 Å². The molecule has 0 unspecified atom stereocenters. The highest BCUT2D eigenvalue weighted by Crippen LogP contribution is 2.27. The summed E-state index contributed by atoms with van der Waals surface area (Å²) in [6, 6.07) is 6.59. The van der Waals surface area contributed by atoms with Gasteiger partial charge in [0.25, 0.3) is 5.91 Å². The molecule has 134 valence electrons. The molecule has 3 N–H and O–H groups in total. The van der Waals surface area contributed by atoms with Gasteiger partial charge in [0, 0.05) is 11.3 Å². The lowest BCUT2D eigenvalue weighted by Gasteiger charge is -2.15. The third kappa shape index (κ3) is 4.94. The number of quaternary nitrogens is 1. The Morgan fingerprint density at radius 2 is 1.72 bits per heavy atom. The number of nitrogens with one attached hydrogen (secondary N) is 1. The highest BCUT2D eigenvalue weighted by molar-refractivity contribution is 6.35. The van der Waals surface area contributed by atoms with Crippen molar-refractivity contribution in [2.75, 3.05) is 11.9 Å². The Hall–Kier alpha value is -1.62. The van der Waals surface area contributed by atoms with Crippen LogP contribution in [-0.4, -0.2) is 12.5 Å². The molecule has 0 radical (unpaired) electrons. The smallest absolute Gasteiger partial charge is 0.279 e. The maximum absolute atomic E-state index is 13.6. The number of halogens is 3. The van der Waals surface area contributed by atoms with E-state index in [1.54, 1.807) is 0 Å². The molecule has 6 heteroatoms. The summed E-state index contributed by atoms with van der Waals surface area (Å²) in [5.74, 6) is -0.635. The number of amides is 1. The summed E-state index contributed by atoms with van der Waals surface area (Å²) in [5, 5.41) is 5.14. The van der Waals surface area contributed by atoms with Crippen molar-refractivity contribution in [3.8, 4) is 0 Å². The first-order valence-corrected chi connectivity index (χ1v) is 8.80. The molecular weight excluding hydrogens is 362 g/mol. The van der Waals surface area contributed by atoms with E-state index in [9.17, 15) is 9.18 Å². The van der Waals surface area contributed by atoms with Crippen LogP contribution in [-0.2, 0) is 4.79 Å². The molecule has 1 atom stereocenters.